The molecule has 0 saturated heterocycles. The molecule has 3 nitrogen and oxygen atoms in total. The van der Waals surface area contributed by atoms with Gasteiger partial charge >= 0.3 is 0 Å². The molecule has 0 aliphatic carbocycles. The van der Waals surface area contributed by atoms with Crippen LogP contribution >= 0.6 is 0 Å². The average Bonchev–Trinajstić information content (AvgIpc) is 2.18. The molecule has 0 radical (unpaired) electrons. The largest absolute Gasteiger partial charge is 0.396 e. The van der Waals surface area contributed by atoms with E-state index in [0.29, 0.717) is 13.0 Å². The predicted octanol–water partition coefficient (Wildman–Crippen LogP) is 0.938. The minimum Gasteiger partial charge on any atom is -0.396 e. The van der Waals surface area contributed by atoms with Gasteiger partial charge in [0.1, 0.15) is 5.82 Å². The third-order valence-electron chi connectivity index (χ3n) is 1.74. The molecule has 14 heavy (non-hydrogen) atoms. The standard InChI is InChI=1S/C10H12FNO2/c11-9-5-2-1-4-8(9)10(14)12-6-3-7-13/h1-2,4-5,13H,3,6-7H2,(H,12,14). The van der Waals surface area contributed by atoms with Gasteiger partial charge in [-0.15, -0.1) is 0 Å². The number of carbonyl (C=O) groups excluding carboxylic acids is 1. The van der Waals surface area contributed by atoms with Crippen molar-refractivity contribution in [3.05, 3.63) is 35.6 Å². The summed E-state index contributed by atoms with van der Waals surface area (Å²) in [6.07, 6.45) is 0.472. The molecule has 0 aliphatic heterocycles. The van der Waals surface area contributed by atoms with Crippen molar-refractivity contribution in [1.82, 2.24) is 5.32 Å². The fourth-order valence-electron chi connectivity index (χ4n) is 1.02. The molecular weight excluding hydrogens is 185 g/mol. The second kappa shape index (κ2) is 5.34. The molecule has 76 valence electrons. The summed E-state index contributed by atoms with van der Waals surface area (Å²) in [5, 5.41) is 11.0. The van der Waals surface area contributed by atoms with E-state index in [-0.39, 0.29) is 12.2 Å². The zero-order valence-electron chi connectivity index (χ0n) is 7.66. The van der Waals surface area contributed by atoms with E-state index in [2.05, 4.69) is 5.32 Å². The number of aliphatic hydroxyl groups is 1. The molecule has 0 bridgehead atoms. The van der Waals surface area contributed by atoms with Crippen molar-refractivity contribution in [2.45, 2.75) is 6.42 Å². The number of nitrogens with one attached hydrogen (secondary N) is 1. The lowest BCUT2D eigenvalue weighted by Gasteiger charge is -2.04. The Kier molecular flexibility index (Phi) is 4.07. The molecule has 0 saturated carbocycles. The Morgan fingerprint density at radius 1 is 1.43 bits per heavy atom. The van der Waals surface area contributed by atoms with Gasteiger partial charge in [0.25, 0.3) is 5.91 Å². The van der Waals surface area contributed by atoms with Crippen LogP contribution in [0.3, 0.4) is 0 Å². The van der Waals surface area contributed by atoms with Gasteiger partial charge in [-0.2, -0.15) is 0 Å². The topological polar surface area (TPSA) is 49.3 Å². The normalized spacial score (nSPS) is 9.86. The second-order valence-electron chi connectivity index (χ2n) is 2.81. The van der Waals surface area contributed by atoms with Crippen LogP contribution in [0.15, 0.2) is 24.3 Å². The summed E-state index contributed by atoms with van der Waals surface area (Å²) in [6, 6.07) is 5.79. The van der Waals surface area contributed by atoms with Gasteiger partial charge in [0.15, 0.2) is 0 Å². The monoisotopic (exact) mass is 197 g/mol. The SMILES string of the molecule is O=C(NCCCO)c1ccccc1F. The maximum atomic E-state index is 13.0. The third kappa shape index (κ3) is 2.81. The van der Waals surface area contributed by atoms with Crippen LogP contribution in [0.1, 0.15) is 16.8 Å². The van der Waals surface area contributed by atoms with Crippen molar-refractivity contribution in [1.29, 1.82) is 0 Å². The van der Waals surface area contributed by atoms with Gasteiger partial charge < -0.3 is 10.4 Å². The maximum absolute atomic E-state index is 13.0. The van der Waals surface area contributed by atoms with Crippen molar-refractivity contribution in [2.24, 2.45) is 0 Å². The Labute approximate surface area is 81.6 Å². The van der Waals surface area contributed by atoms with Gasteiger partial charge in [0.05, 0.1) is 5.56 Å². The van der Waals surface area contributed by atoms with Gasteiger partial charge in [0.2, 0.25) is 0 Å². The maximum Gasteiger partial charge on any atom is 0.254 e. The zero-order valence-corrected chi connectivity index (χ0v) is 7.66. The minimum atomic E-state index is -0.533. The highest BCUT2D eigenvalue weighted by atomic mass is 19.1. The number of hydrogen-bond donors (Lipinski definition) is 2. The molecule has 0 aromatic heterocycles. The fourth-order valence-corrected chi connectivity index (χ4v) is 1.02. The lowest BCUT2D eigenvalue weighted by Crippen LogP contribution is -2.25. The van der Waals surface area contributed by atoms with E-state index in [1.807, 2.05) is 0 Å². The Balaban J connectivity index is 2.56. The summed E-state index contributed by atoms with van der Waals surface area (Å²) in [5.74, 6) is -0.981. The second-order valence-corrected chi connectivity index (χ2v) is 2.81. The molecule has 0 atom stereocenters. The molecule has 0 fully saturated rings. The van der Waals surface area contributed by atoms with Gasteiger partial charge in [-0.05, 0) is 18.6 Å². The van der Waals surface area contributed by atoms with Gasteiger partial charge in [-0.25, -0.2) is 4.39 Å². The fraction of sp³-hybridized carbons (Fsp3) is 0.300. The van der Waals surface area contributed by atoms with E-state index in [0.717, 1.165) is 0 Å². The van der Waals surface area contributed by atoms with Crippen LogP contribution in [0.5, 0.6) is 0 Å². The van der Waals surface area contributed by atoms with E-state index >= 15 is 0 Å². The summed E-state index contributed by atoms with van der Waals surface area (Å²) < 4.78 is 13.0. The van der Waals surface area contributed by atoms with Crippen LogP contribution in [0.25, 0.3) is 0 Å². The van der Waals surface area contributed by atoms with Crippen molar-refractivity contribution in [3.63, 3.8) is 0 Å². The quantitative estimate of drug-likeness (QED) is 0.706. The van der Waals surface area contributed by atoms with Crippen molar-refractivity contribution in [3.8, 4) is 0 Å². The van der Waals surface area contributed by atoms with Crippen LogP contribution in [-0.2, 0) is 0 Å². The molecule has 1 amide bonds. The first-order chi connectivity index (χ1) is 6.75. The molecule has 0 spiro atoms. The van der Waals surface area contributed by atoms with E-state index in [1.54, 1.807) is 6.07 Å². The van der Waals surface area contributed by atoms with Crippen molar-refractivity contribution in [2.75, 3.05) is 13.2 Å². The molecule has 0 aliphatic rings. The number of rotatable bonds is 4. The highest BCUT2D eigenvalue weighted by Gasteiger charge is 2.08. The number of carbonyl (C=O) groups is 1. The number of halogens is 1. The summed E-state index contributed by atoms with van der Waals surface area (Å²) in [7, 11) is 0. The Morgan fingerprint density at radius 2 is 2.14 bits per heavy atom. The van der Waals surface area contributed by atoms with Gasteiger partial charge in [-0.1, -0.05) is 12.1 Å². The number of benzene rings is 1. The summed E-state index contributed by atoms with van der Waals surface area (Å²) in [6.45, 7) is 0.362. The predicted molar refractivity (Wildman–Crippen MR) is 50.4 cm³/mol. The molecule has 0 unspecified atom stereocenters. The number of aliphatic hydroxyl groups excluding tert-OH is 1. The van der Waals surface area contributed by atoms with E-state index in [4.69, 9.17) is 5.11 Å². The molecule has 2 N–H and O–H groups in total. The van der Waals surface area contributed by atoms with Crippen LogP contribution in [0.4, 0.5) is 4.39 Å². The molecule has 1 rings (SSSR count). The number of hydrogen-bond acceptors (Lipinski definition) is 2. The first kappa shape index (κ1) is 10.7. The van der Waals surface area contributed by atoms with E-state index < -0.39 is 11.7 Å². The smallest absolute Gasteiger partial charge is 0.254 e. The van der Waals surface area contributed by atoms with Gasteiger partial charge in [-0.3, -0.25) is 4.79 Å². The summed E-state index contributed by atoms with van der Waals surface area (Å²) in [5.41, 5.74) is 0.0328. The highest BCUT2D eigenvalue weighted by molar-refractivity contribution is 5.94. The third-order valence-corrected chi connectivity index (χ3v) is 1.74. The minimum absolute atomic E-state index is 0.0115. The Hall–Kier alpha value is -1.42. The molecule has 0 heterocycles. The van der Waals surface area contributed by atoms with Gasteiger partial charge in [0, 0.05) is 13.2 Å². The average molecular weight is 197 g/mol. The van der Waals surface area contributed by atoms with Crippen LogP contribution in [-0.4, -0.2) is 24.2 Å². The molecule has 1 aromatic rings. The van der Waals surface area contributed by atoms with Crippen molar-refractivity contribution >= 4 is 5.91 Å². The molecular formula is C10H12FNO2. The highest BCUT2D eigenvalue weighted by Crippen LogP contribution is 2.05. The van der Waals surface area contributed by atoms with Crippen molar-refractivity contribution < 1.29 is 14.3 Å². The molecule has 1 aromatic carbocycles. The summed E-state index contributed by atoms with van der Waals surface area (Å²) >= 11 is 0. The lowest BCUT2D eigenvalue weighted by atomic mass is 10.2. The zero-order chi connectivity index (χ0) is 10.4. The van der Waals surface area contributed by atoms with E-state index in [9.17, 15) is 9.18 Å². The Bertz CT molecular complexity index is 315. The number of amides is 1. The van der Waals surface area contributed by atoms with Crippen LogP contribution in [0.2, 0.25) is 0 Å². The molecule has 4 heteroatoms. The summed E-state index contributed by atoms with van der Waals surface area (Å²) in [4.78, 5) is 11.3. The first-order valence-corrected chi connectivity index (χ1v) is 4.39. The lowest BCUT2D eigenvalue weighted by molar-refractivity contribution is 0.0947. The Morgan fingerprint density at radius 3 is 2.79 bits per heavy atom. The van der Waals surface area contributed by atoms with Crippen LogP contribution in [0, 0.1) is 5.82 Å². The first-order valence-electron chi connectivity index (χ1n) is 4.39. The van der Waals surface area contributed by atoms with E-state index in [1.165, 1.54) is 18.2 Å². The van der Waals surface area contributed by atoms with Crippen LogP contribution < -0.4 is 5.32 Å².